The number of fused-ring (bicyclic) bond motifs is 1. The van der Waals surface area contributed by atoms with Crippen LogP contribution >= 0.6 is 23.2 Å². The molecule has 230 valence electrons. The number of likely N-dealkylation sites (N-methyl/N-ethyl adjacent to an activating group) is 1. The number of H-pyrrole nitrogens is 1. The van der Waals surface area contributed by atoms with Crippen molar-refractivity contribution < 1.29 is 17.9 Å². The van der Waals surface area contributed by atoms with Gasteiger partial charge < -0.3 is 19.9 Å². The molecule has 3 aromatic rings. The van der Waals surface area contributed by atoms with Gasteiger partial charge in [0.05, 0.1) is 17.0 Å². The second kappa shape index (κ2) is 12.7. The van der Waals surface area contributed by atoms with Crippen LogP contribution in [0.2, 0.25) is 10.0 Å². The van der Waals surface area contributed by atoms with Gasteiger partial charge in [0.2, 0.25) is 10.0 Å². The summed E-state index contributed by atoms with van der Waals surface area (Å²) in [6.45, 7) is 5.62. The van der Waals surface area contributed by atoms with Gasteiger partial charge in [0.1, 0.15) is 0 Å². The third kappa shape index (κ3) is 6.72. The number of hydrogen-bond donors (Lipinski definition) is 2. The Kier molecular flexibility index (Phi) is 9.00. The third-order valence-corrected chi connectivity index (χ3v) is 10.8. The van der Waals surface area contributed by atoms with E-state index in [9.17, 15) is 13.2 Å². The van der Waals surface area contributed by atoms with Crippen molar-refractivity contribution in [1.82, 2.24) is 19.4 Å². The zero-order chi connectivity index (χ0) is 30.1. The Bertz CT molecular complexity index is 1580. The number of ether oxygens (including phenoxy) is 1. The van der Waals surface area contributed by atoms with Crippen LogP contribution in [0.3, 0.4) is 0 Å². The van der Waals surface area contributed by atoms with Crippen LogP contribution in [0.4, 0.5) is 11.4 Å². The van der Waals surface area contributed by atoms with Gasteiger partial charge in [-0.1, -0.05) is 23.2 Å². The molecule has 0 spiro atoms. The summed E-state index contributed by atoms with van der Waals surface area (Å²) in [5, 5.41) is 11.7. The molecule has 2 fully saturated rings. The van der Waals surface area contributed by atoms with E-state index in [1.807, 2.05) is 12.1 Å². The predicted octanol–water partition coefficient (Wildman–Crippen LogP) is 4.23. The first-order valence-corrected chi connectivity index (χ1v) is 16.8. The first-order chi connectivity index (χ1) is 20.7. The summed E-state index contributed by atoms with van der Waals surface area (Å²) < 4.78 is 33.9. The molecule has 3 aliphatic rings. The molecule has 0 atom stereocenters. The number of aromatic nitrogens is 2. The molecule has 6 rings (SSSR count). The van der Waals surface area contributed by atoms with E-state index in [1.54, 1.807) is 0 Å². The molecular formula is C30H36Cl2N6O4S. The molecule has 0 unspecified atom stereocenters. The quantitative estimate of drug-likeness (QED) is 0.350. The van der Waals surface area contributed by atoms with Gasteiger partial charge in [-0.05, 0) is 56.3 Å². The Labute approximate surface area is 262 Å². The molecule has 0 amide bonds. The lowest BCUT2D eigenvalue weighted by Crippen LogP contribution is -2.44. The summed E-state index contributed by atoms with van der Waals surface area (Å²) in [6.07, 6.45) is 2.27. The van der Waals surface area contributed by atoms with Crippen LogP contribution in [-0.2, 0) is 34.1 Å². The van der Waals surface area contributed by atoms with Crippen LogP contribution in [0, 0.1) is 0 Å². The number of carbonyl (C=O) groups excluding carboxylic acids is 1. The van der Waals surface area contributed by atoms with Gasteiger partial charge in [-0.25, -0.2) is 8.42 Å². The van der Waals surface area contributed by atoms with Crippen LogP contribution in [0.25, 0.3) is 0 Å². The lowest BCUT2D eigenvalue weighted by Gasteiger charge is -2.34. The van der Waals surface area contributed by atoms with Crippen LogP contribution in [-0.4, -0.2) is 92.6 Å². The van der Waals surface area contributed by atoms with E-state index in [0.717, 1.165) is 61.7 Å². The minimum Gasteiger partial charge on any atom is -0.381 e. The fourth-order valence-corrected chi connectivity index (χ4v) is 8.11. The number of aromatic amines is 1. The minimum absolute atomic E-state index is 0.0406. The zero-order valence-corrected chi connectivity index (χ0v) is 26.4. The molecule has 0 radical (unpaired) electrons. The first kappa shape index (κ1) is 30.4. The Morgan fingerprint density at radius 1 is 1.05 bits per heavy atom. The number of ketones is 1. The minimum atomic E-state index is -3.86. The second-order valence-corrected chi connectivity index (χ2v) is 14.3. The fraction of sp³-hybridized carbons (Fsp3) is 0.467. The molecule has 2 saturated heterocycles. The average molecular weight is 648 g/mol. The highest BCUT2D eigenvalue weighted by molar-refractivity contribution is 7.89. The molecule has 4 heterocycles. The number of nitrogens with zero attached hydrogens (tertiary/aromatic N) is 4. The second-order valence-electron chi connectivity index (χ2n) is 11.5. The lowest BCUT2D eigenvalue weighted by molar-refractivity contribution is 0.0904. The predicted molar refractivity (Wildman–Crippen MR) is 168 cm³/mol. The highest BCUT2D eigenvalue weighted by Gasteiger charge is 2.32. The largest absolute Gasteiger partial charge is 0.381 e. The van der Waals surface area contributed by atoms with Crippen molar-refractivity contribution in [3.8, 4) is 0 Å². The molecule has 1 aromatic heterocycles. The maximum absolute atomic E-state index is 13.9. The highest BCUT2D eigenvalue weighted by Crippen LogP contribution is 2.31. The number of Topliss-reactive ketones (excluding diaryl/α,β-unsaturated/α-hetero) is 1. The van der Waals surface area contributed by atoms with Gasteiger partial charge in [-0.15, -0.1) is 0 Å². The average Bonchev–Trinajstić information content (AvgIpc) is 3.39. The number of carbonyl (C=O) groups is 1. The number of sulfonamides is 1. The van der Waals surface area contributed by atoms with Crippen molar-refractivity contribution in [2.45, 2.75) is 43.2 Å². The van der Waals surface area contributed by atoms with Crippen molar-refractivity contribution in [3.63, 3.8) is 0 Å². The summed E-state index contributed by atoms with van der Waals surface area (Å²) >= 11 is 12.2. The van der Waals surface area contributed by atoms with Gasteiger partial charge in [0.25, 0.3) is 0 Å². The third-order valence-electron chi connectivity index (χ3n) is 8.54. The molecule has 10 nitrogen and oxygen atoms in total. The van der Waals surface area contributed by atoms with Crippen LogP contribution in [0.5, 0.6) is 0 Å². The molecule has 43 heavy (non-hydrogen) atoms. The van der Waals surface area contributed by atoms with E-state index >= 15 is 0 Å². The summed E-state index contributed by atoms with van der Waals surface area (Å²) in [4.78, 5) is 18.6. The Hall–Kier alpha value is -2.67. The number of hydrogen-bond acceptors (Lipinski definition) is 8. The zero-order valence-electron chi connectivity index (χ0n) is 24.1. The number of halogens is 2. The van der Waals surface area contributed by atoms with Gasteiger partial charge in [-0.3, -0.25) is 9.89 Å². The Morgan fingerprint density at radius 3 is 2.49 bits per heavy atom. The van der Waals surface area contributed by atoms with Gasteiger partial charge in [-0.2, -0.15) is 9.40 Å². The van der Waals surface area contributed by atoms with E-state index in [1.165, 1.54) is 22.5 Å². The summed E-state index contributed by atoms with van der Waals surface area (Å²) in [5.41, 5.74) is 4.67. The van der Waals surface area contributed by atoms with Crippen LogP contribution < -0.4 is 10.2 Å². The van der Waals surface area contributed by atoms with Crippen molar-refractivity contribution >= 4 is 50.4 Å². The topological polar surface area (TPSA) is 111 Å². The maximum Gasteiger partial charge on any atom is 0.243 e. The van der Waals surface area contributed by atoms with Crippen LogP contribution in [0.15, 0.2) is 41.3 Å². The molecule has 13 heteroatoms. The van der Waals surface area contributed by atoms with Gasteiger partial charge in [0.15, 0.2) is 5.78 Å². The number of anilines is 2. The molecule has 0 bridgehead atoms. The lowest BCUT2D eigenvalue weighted by atomic mass is 9.98. The number of rotatable bonds is 8. The molecule has 2 N–H and O–H groups in total. The molecule has 0 aliphatic carbocycles. The van der Waals surface area contributed by atoms with E-state index in [4.69, 9.17) is 27.9 Å². The van der Waals surface area contributed by atoms with E-state index in [0.29, 0.717) is 30.9 Å². The van der Waals surface area contributed by atoms with E-state index in [2.05, 4.69) is 38.4 Å². The number of nitrogens with one attached hydrogen (secondary N) is 2. The highest BCUT2D eigenvalue weighted by atomic mass is 35.5. The standard InChI is InChI=1S/C30H36Cl2N6O4S/c1-36-8-10-37(11-9-36)23-2-3-25(28(17-23)33-22-5-12-42-13-6-22)30(39)18-29-26-19-38(7-4-27(26)34-35-29)43(40,41)24-15-20(31)14-21(32)16-24/h2-3,14-17,22,33H,4-13,18-19H2,1H3,(H,34,35). The molecule has 0 saturated carbocycles. The van der Waals surface area contributed by atoms with Crippen molar-refractivity contribution in [2.75, 3.05) is 63.2 Å². The maximum atomic E-state index is 13.9. The molecular weight excluding hydrogens is 611 g/mol. The Balaban J connectivity index is 1.24. The summed E-state index contributed by atoms with van der Waals surface area (Å²) in [6, 6.07) is 10.6. The van der Waals surface area contributed by atoms with E-state index in [-0.39, 0.29) is 46.3 Å². The van der Waals surface area contributed by atoms with Crippen molar-refractivity contribution in [3.05, 3.63) is 69.0 Å². The smallest absolute Gasteiger partial charge is 0.243 e. The Morgan fingerprint density at radius 2 is 1.77 bits per heavy atom. The van der Waals surface area contributed by atoms with Crippen molar-refractivity contribution in [1.29, 1.82) is 0 Å². The molecule has 3 aliphatic heterocycles. The number of piperazine rings is 1. The first-order valence-electron chi connectivity index (χ1n) is 14.6. The fourth-order valence-electron chi connectivity index (χ4n) is 5.97. The normalized spacial score (nSPS) is 18.9. The monoisotopic (exact) mass is 646 g/mol. The van der Waals surface area contributed by atoms with E-state index < -0.39 is 10.0 Å². The summed E-state index contributed by atoms with van der Waals surface area (Å²) in [5.74, 6) is -0.0737. The number of benzene rings is 2. The SMILES string of the molecule is CN1CCN(c2ccc(C(=O)Cc3n[nH]c4c3CN(S(=O)(=O)c3cc(Cl)cc(Cl)c3)CC4)c(NC3CCOCC3)c2)CC1. The summed E-state index contributed by atoms with van der Waals surface area (Å²) in [7, 11) is -1.73. The molecule has 2 aromatic carbocycles. The van der Waals surface area contributed by atoms with Gasteiger partial charge in [0, 0.05) is 103 Å². The van der Waals surface area contributed by atoms with Crippen LogP contribution in [0.1, 0.15) is 40.2 Å². The van der Waals surface area contributed by atoms with Gasteiger partial charge >= 0.3 is 0 Å². The van der Waals surface area contributed by atoms with Crippen molar-refractivity contribution in [2.24, 2.45) is 0 Å².